The van der Waals surface area contributed by atoms with E-state index in [1.165, 1.54) is 0 Å². The van der Waals surface area contributed by atoms with Crippen molar-refractivity contribution in [3.05, 3.63) is 54.1 Å². The molecule has 0 aliphatic carbocycles. The third-order valence-electron chi connectivity index (χ3n) is 2.28. The lowest BCUT2D eigenvalue weighted by Crippen LogP contribution is -1.90. The fourth-order valence-electron chi connectivity index (χ4n) is 1.42. The summed E-state index contributed by atoms with van der Waals surface area (Å²) in [5.41, 5.74) is 0.481. The molecule has 17 heavy (non-hydrogen) atoms. The zero-order valence-electron chi connectivity index (χ0n) is 9.38. The van der Waals surface area contributed by atoms with Crippen molar-refractivity contribution in [1.82, 2.24) is 0 Å². The third kappa shape index (κ3) is 2.56. The second-order valence-corrected chi connectivity index (χ2v) is 3.39. The summed E-state index contributed by atoms with van der Waals surface area (Å²) in [5.74, 6) is 1.85. The Morgan fingerprint density at radius 3 is 2.41 bits per heavy atom. The highest BCUT2D eigenvalue weighted by atomic mass is 16.5. The summed E-state index contributed by atoms with van der Waals surface area (Å²) in [6, 6.07) is 16.5. The van der Waals surface area contributed by atoms with Crippen molar-refractivity contribution in [3.8, 4) is 23.3 Å². The van der Waals surface area contributed by atoms with Gasteiger partial charge in [-0.15, -0.1) is 0 Å². The molecule has 0 N–H and O–H groups in total. The van der Waals surface area contributed by atoms with E-state index >= 15 is 0 Å². The first kappa shape index (κ1) is 11.0. The minimum absolute atomic E-state index is 0.481. The first-order valence-corrected chi connectivity index (χ1v) is 5.14. The average Bonchev–Trinajstić information content (AvgIpc) is 2.40. The normalized spacial score (nSPS) is 9.41. The summed E-state index contributed by atoms with van der Waals surface area (Å²) in [6.45, 7) is 0. The predicted molar refractivity (Wildman–Crippen MR) is 64.2 cm³/mol. The Hall–Kier alpha value is -2.47. The molecule has 0 bridgehead atoms. The largest absolute Gasteiger partial charge is 0.497 e. The third-order valence-corrected chi connectivity index (χ3v) is 2.28. The van der Waals surface area contributed by atoms with Crippen molar-refractivity contribution < 1.29 is 9.47 Å². The highest BCUT2D eigenvalue weighted by molar-refractivity contribution is 5.49. The van der Waals surface area contributed by atoms with Crippen LogP contribution in [0, 0.1) is 11.3 Å². The Bertz CT molecular complexity index is 544. The van der Waals surface area contributed by atoms with E-state index in [0.717, 1.165) is 0 Å². The number of para-hydroxylation sites is 1. The second kappa shape index (κ2) is 5.04. The van der Waals surface area contributed by atoms with Crippen LogP contribution in [0.25, 0.3) is 0 Å². The number of hydrogen-bond acceptors (Lipinski definition) is 3. The van der Waals surface area contributed by atoms with Gasteiger partial charge in [-0.05, 0) is 24.3 Å². The fourth-order valence-corrected chi connectivity index (χ4v) is 1.42. The quantitative estimate of drug-likeness (QED) is 0.804. The summed E-state index contributed by atoms with van der Waals surface area (Å²) in [7, 11) is 1.58. The summed E-state index contributed by atoms with van der Waals surface area (Å²) < 4.78 is 10.7. The molecule has 0 spiro atoms. The molecule has 0 unspecified atom stereocenters. The first-order valence-electron chi connectivity index (χ1n) is 5.14. The Balaban J connectivity index is 2.34. The first-order chi connectivity index (χ1) is 8.33. The molecule has 0 saturated carbocycles. The Labute approximate surface area is 99.8 Å². The van der Waals surface area contributed by atoms with Gasteiger partial charge in [-0.1, -0.05) is 18.2 Å². The number of nitriles is 1. The molecule has 0 aliphatic rings. The Morgan fingerprint density at radius 2 is 1.76 bits per heavy atom. The van der Waals surface area contributed by atoms with Crippen molar-refractivity contribution in [2.24, 2.45) is 0 Å². The van der Waals surface area contributed by atoms with E-state index in [4.69, 9.17) is 14.7 Å². The molecule has 0 radical (unpaired) electrons. The van der Waals surface area contributed by atoms with Gasteiger partial charge in [-0.25, -0.2) is 0 Å². The minimum atomic E-state index is 0.481. The zero-order chi connectivity index (χ0) is 12.1. The van der Waals surface area contributed by atoms with Crippen LogP contribution in [0.3, 0.4) is 0 Å². The molecule has 2 aromatic carbocycles. The molecule has 0 atom stereocenters. The van der Waals surface area contributed by atoms with Crippen LogP contribution in [0.5, 0.6) is 17.2 Å². The second-order valence-electron chi connectivity index (χ2n) is 3.39. The lowest BCUT2D eigenvalue weighted by atomic mass is 10.2. The van der Waals surface area contributed by atoms with Crippen molar-refractivity contribution in [3.63, 3.8) is 0 Å². The van der Waals surface area contributed by atoms with E-state index in [0.29, 0.717) is 22.8 Å². The maximum Gasteiger partial charge on any atom is 0.148 e. The van der Waals surface area contributed by atoms with E-state index in [2.05, 4.69) is 6.07 Å². The molecule has 0 heterocycles. The Morgan fingerprint density at radius 1 is 1.00 bits per heavy atom. The molecule has 0 fully saturated rings. The van der Waals surface area contributed by atoms with E-state index in [1.807, 2.05) is 30.3 Å². The lowest BCUT2D eigenvalue weighted by molar-refractivity contribution is 0.409. The van der Waals surface area contributed by atoms with Gasteiger partial charge in [0, 0.05) is 6.07 Å². The van der Waals surface area contributed by atoms with Crippen LogP contribution < -0.4 is 9.47 Å². The fraction of sp³-hybridized carbons (Fsp3) is 0.0714. The molecule has 0 aromatic heterocycles. The number of methoxy groups -OCH3 is 1. The van der Waals surface area contributed by atoms with Crippen LogP contribution in [-0.2, 0) is 0 Å². The topological polar surface area (TPSA) is 42.2 Å². The van der Waals surface area contributed by atoms with E-state index in [-0.39, 0.29) is 0 Å². The average molecular weight is 225 g/mol. The van der Waals surface area contributed by atoms with Gasteiger partial charge in [0.05, 0.1) is 12.7 Å². The van der Waals surface area contributed by atoms with Crippen molar-refractivity contribution in [2.75, 3.05) is 7.11 Å². The molecule has 2 rings (SSSR count). The summed E-state index contributed by atoms with van der Waals surface area (Å²) in [5, 5.41) is 8.99. The van der Waals surface area contributed by atoms with Crippen LogP contribution in [0.1, 0.15) is 5.56 Å². The van der Waals surface area contributed by atoms with Crippen LogP contribution in [0.15, 0.2) is 48.5 Å². The summed E-state index contributed by atoms with van der Waals surface area (Å²) in [4.78, 5) is 0. The number of nitrogens with zero attached hydrogens (tertiary/aromatic N) is 1. The molecule has 3 nitrogen and oxygen atoms in total. The Kier molecular flexibility index (Phi) is 3.27. The van der Waals surface area contributed by atoms with Crippen molar-refractivity contribution >= 4 is 0 Å². The number of ether oxygens (including phenoxy) is 2. The van der Waals surface area contributed by atoms with Gasteiger partial charge >= 0.3 is 0 Å². The van der Waals surface area contributed by atoms with Crippen LogP contribution in [0.2, 0.25) is 0 Å². The zero-order valence-corrected chi connectivity index (χ0v) is 9.38. The summed E-state index contributed by atoms with van der Waals surface area (Å²) in [6.07, 6.45) is 0. The minimum Gasteiger partial charge on any atom is -0.497 e. The SMILES string of the molecule is COc1ccc(C#N)c(Oc2ccccc2)c1. The molecule has 0 aliphatic heterocycles. The van der Waals surface area contributed by atoms with Crippen molar-refractivity contribution in [2.45, 2.75) is 0 Å². The van der Waals surface area contributed by atoms with Crippen LogP contribution in [-0.4, -0.2) is 7.11 Å². The molecule has 3 heteroatoms. The van der Waals surface area contributed by atoms with Gasteiger partial charge in [0.15, 0.2) is 0 Å². The van der Waals surface area contributed by atoms with E-state index < -0.39 is 0 Å². The molecule has 84 valence electrons. The van der Waals surface area contributed by atoms with Gasteiger partial charge < -0.3 is 9.47 Å². The molecule has 0 saturated heterocycles. The van der Waals surface area contributed by atoms with E-state index in [1.54, 1.807) is 25.3 Å². The van der Waals surface area contributed by atoms with Gasteiger partial charge in [0.2, 0.25) is 0 Å². The highest BCUT2D eigenvalue weighted by Crippen LogP contribution is 2.28. The number of benzene rings is 2. The van der Waals surface area contributed by atoms with Gasteiger partial charge in [0.25, 0.3) is 0 Å². The predicted octanol–water partition coefficient (Wildman–Crippen LogP) is 3.36. The smallest absolute Gasteiger partial charge is 0.148 e. The van der Waals surface area contributed by atoms with Crippen LogP contribution in [0.4, 0.5) is 0 Å². The molecular formula is C14H11NO2. The number of hydrogen-bond donors (Lipinski definition) is 0. The van der Waals surface area contributed by atoms with Gasteiger partial charge in [0.1, 0.15) is 23.3 Å². The number of rotatable bonds is 3. The standard InChI is InChI=1S/C14H11NO2/c1-16-13-8-7-11(10-15)14(9-13)17-12-5-3-2-4-6-12/h2-9H,1H3. The van der Waals surface area contributed by atoms with Crippen molar-refractivity contribution in [1.29, 1.82) is 5.26 Å². The molecule has 2 aromatic rings. The highest BCUT2D eigenvalue weighted by Gasteiger charge is 2.06. The molecular weight excluding hydrogens is 214 g/mol. The van der Waals surface area contributed by atoms with Gasteiger partial charge in [-0.3, -0.25) is 0 Å². The monoisotopic (exact) mass is 225 g/mol. The van der Waals surface area contributed by atoms with Crippen LogP contribution >= 0.6 is 0 Å². The summed E-state index contributed by atoms with van der Waals surface area (Å²) >= 11 is 0. The van der Waals surface area contributed by atoms with E-state index in [9.17, 15) is 0 Å². The molecule has 0 amide bonds. The van der Waals surface area contributed by atoms with Gasteiger partial charge in [-0.2, -0.15) is 5.26 Å². The maximum absolute atomic E-state index is 8.99. The lowest BCUT2D eigenvalue weighted by Gasteiger charge is -2.08. The maximum atomic E-state index is 8.99.